The number of aryl methyl sites for hydroxylation is 1. The third kappa shape index (κ3) is 8.17. The summed E-state index contributed by atoms with van der Waals surface area (Å²) in [6, 6.07) is 17.1. The van der Waals surface area contributed by atoms with E-state index < -0.39 is 28.5 Å². The Bertz CT molecular complexity index is 1460. The van der Waals surface area contributed by atoms with E-state index in [-0.39, 0.29) is 28.8 Å². The Labute approximate surface area is 253 Å². The molecule has 0 bridgehead atoms. The molecule has 0 spiro atoms. The van der Waals surface area contributed by atoms with Gasteiger partial charge in [-0.25, -0.2) is 8.42 Å². The van der Waals surface area contributed by atoms with Crippen molar-refractivity contribution in [2.24, 2.45) is 0 Å². The SMILES string of the molecule is CCCCNC(=O)[C@H](C)N(Cc1ccc(C)cc1)C(=O)CN(c1ccc(Cl)cc1)S(=O)(=O)c1ccc(OC)c(OC)c1. The van der Waals surface area contributed by atoms with Crippen molar-refractivity contribution in [3.63, 3.8) is 0 Å². The van der Waals surface area contributed by atoms with Gasteiger partial charge in [-0.1, -0.05) is 54.8 Å². The standard InChI is InChI=1S/C31H38ClN3O6S/c1-6-7-18-33-31(37)23(3)34(20-24-10-8-22(2)9-11-24)30(36)21-35(26-14-12-25(32)13-15-26)42(38,39)27-16-17-28(40-4)29(19-27)41-5/h8-17,19,23H,6-7,18,20-21H2,1-5H3,(H,33,37)/t23-/m0/s1. The van der Waals surface area contributed by atoms with Gasteiger partial charge >= 0.3 is 0 Å². The number of anilines is 1. The Morgan fingerprint density at radius 1 is 0.952 bits per heavy atom. The van der Waals surface area contributed by atoms with E-state index in [0.717, 1.165) is 28.3 Å². The lowest BCUT2D eigenvalue weighted by molar-refractivity contribution is -0.139. The van der Waals surface area contributed by atoms with E-state index >= 15 is 0 Å². The van der Waals surface area contributed by atoms with Crippen LogP contribution in [-0.2, 0) is 26.2 Å². The van der Waals surface area contributed by atoms with Crippen LogP contribution in [0.2, 0.25) is 5.02 Å². The average Bonchev–Trinajstić information content (AvgIpc) is 2.99. The summed E-state index contributed by atoms with van der Waals surface area (Å²) in [5, 5.41) is 3.29. The number of halogens is 1. The van der Waals surface area contributed by atoms with Crippen LogP contribution in [0.15, 0.2) is 71.6 Å². The van der Waals surface area contributed by atoms with Crippen molar-refractivity contribution in [3.8, 4) is 11.5 Å². The molecule has 3 rings (SSSR count). The number of nitrogens with one attached hydrogen (secondary N) is 1. The molecule has 3 aromatic carbocycles. The van der Waals surface area contributed by atoms with Crippen LogP contribution in [0.5, 0.6) is 11.5 Å². The zero-order chi connectivity index (χ0) is 30.9. The van der Waals surface area contributed by atoms with Gasteiger partial charge in [-0.05, 0) is 62.2 Å². The fourth-order valence-corrected chi connectivity index (χ4v) is 5.81. The van der Waals surface area contributed by atoms with Gasteiger partial charge in [-0.2, -0.15) is 0 Å². The summed E-state index contributed by atoms with van der Waals surface area (Å²) < 4.78 is 39.7. The normalized spacial score (nSPS) is 11.9. The molecule has 0 aliphatic heterocycles. The second-order valence-corrected chi connectivity index (χ2v) is 12.1. The van der Waals surface area contributed by atoms with Crippen molar-refractivity contribution in [1.29, 1.82) is 0 Å². The molecule has 0 saturated carbocycles. The lowest BCUT2D eigenvalue weighted by Crippen LogP contribution is -2.51. The maximum atomic E-state index is 14.1. The summed E-state index contributed by atoms with van der Waals surface area (Å²) in [5.74, 6) is -0.283. The molecule has 0 radical (unpaired) electrons. The molecule has 9 nitrogen and oxygen atoms in total. The minimum absolute atomic E-state index is 0.0988. The lowest BCUT2D eigenvalue weighted by Gasteiger charge is -2.32. The van der Waals surface area contributed by atoms with Gasteiger partial charge in [0.15, 0.2) is 11.5 Å². The highest BCUT2D eigenvalue weighted by Crippen LogP contribution is 2.32. The molecule has 11 heteroatoms. The summed E-state index contributed by atoms with van der Waals surface area (Å²) >= 11 is 6.09. The Hall–Kier alpha value is -3.76. The first-order chi connectivity index (χ1) is 20.0. The van der Waals surface area contributed by atoms with Crippen LogP contribution in [0.1, 0.15) is 37.8 Å². The second-order valence-electron chi connectivity index (χ2n) is 9.83. The molecule has 0 saturated heterocycles. The van der Waals surface area contributed by atoms with E-state index in [1.54, 1.807) is 19.1 Å². The summed E-state index contributed by atoms with van der Waals surface area (Å²) in [4.78, 5) is 28.4. The van der Waals surface area contributed by atoms with Gasteiger partial charge in [0.1, 0.15) is 12.6 Å². The molecular weight excluding hydrogens is 578 g/mol. The van der Waals surface area contributed by atoms with Crippen LogP contribution in [-0.4, -0.2) is 58.5 Å². The van der Waals surface area contributed by atoms with E-state index in [0.29, 0.717) is 17.3 Å². The number of carbonyl (C=O) groups is 2. The van der Waals surface area contributed by atoms with Crippen LogP contribution in [0.4, 0.5) is 5.69 Å². The highest BCUT2D eigenvalue weighted by atomic mass is 35.5. The Balaban J connectivity index is 2.03. The van der Waals surface area contributed by atoms with Crippen molar-refractivity contribution in [2.45, 2.75) is 51.1 Å². The van der Waals surface area contributed by atoms with Crippen LogP contribution in [0.3, 0.4) is 0 Å². The number of ether oxygens (including phenoxy) is 2. The van der Waals surface area contributed by atoms with Gasteiger partial charge in [0, 0.05) is 24.2 Å². The predicted molar refractivity (Wildman–Crippen MR) is 165 cm³/mol. The fraction of sp³-hybridized carbons (Fsp3) is 0.355. The zero-order valence-electron chi connectivity index (χ0n) is 24.6. The number of sulfonamides is 1. The van der Waals surface area contributed by atoms with Crippen molar-refractivity contribution in [3.05, 3.63) is 82.9 Å². The van der Waals surface area contributed by atoms with Gasteiger partial charge in [0.25, 0.3) is 10.0 Å². The highest BCUT2D eigenvalue weighted by molar-refractivity contribution is 7.92. The van der Waals surface area contributed by atoms with E-state index in [1.165, 1.54) is 49.5 Å². The summed E-state index contributed by atoms with van der Waals surface area (Å²) in [7, 11) is -1.43. The largest absolute Gasteiger partial charge is 0.493 e. The van der Waals surface area contributed by atoms with Crippen LogP contribution >= 0.6 is 11.6 Å². The first-order valence-electron chi connectivity index (χ1n) is 13.6. The number of hydrogen-bond donors (Lipinski definition) is 1. The van der Waals surface area contributed by atoms with Gasteiger partial charge in [-0.3, -0.25) is 13.9 Å². The minimum Gasteiger partial charge on any atom is -0.493 e. The van der Waals surface area contributed by atoms with Gasteiger partial charge in [-0.15, -0.1) is 0 Å². The lowest BCUT2D eigenvalue weighted by atomic mass is 10.1. The Morgan fingerprint density at radius 2 is 1.60 bits per heavy atom. The van der Waals surface area contributed by atoms with E-state index in [4.69, 9.17) is 21.1 Å². The summed E-state index contributed by atoms with van der Waals surface area (Å²) in [5.41, 5.74) is 2.10. The predicted octanol–water partition coefficient (Wildman–Crippen LogP) is 5.19. The number of carbonyl (C=O) groups excluding carboxylic acids is 2. The maximum Gasteiger partial charge on any atom is 0.264 e. The Morgan fingerprint density at radius 3 is 2.19 bits per heavy atom. The van der Waals surface area contributed by atoms with E-state index in [2.05, 4.69) is 5.32 Å². The molecule has 0 unspecified atom stereocenters. The number of amides is 2. The van der Waals surface area contributed by atoms with Crippen LogP contribution in [0, 0.1) is 6.92 Å². The van der Waals surface area contributed by atoms with Crippen molar-refractivity contribution in [2.75, 3.05) is 31.6 Å². The van der Waals surface area contributed by atoms with E-state index in [1.807, 2.05) is 38.1 Å². The first kappa shape index (κ1) is 32.8. The molecule has 0 fully saturated rings. The molecule has 1 N–H and O–H groups in total. The first-order valence-corrected chi connectivity index (χ1v) is 15.5. The molecule has 2 amide bonds. The molecule has 226 valence electrons. The number of hydrogen-bond acceptors (Lipinski definition) is 6. The third-order valence-corrected chi connectivity index (χ3v) is 8.83. The molecule has 0 heterocycles. The number of methoxy groups -OCH3 is 2. The molecule has 0 aromatic heterocycles. The summed E-state index contributed by atoms with van der Waals surface area (Å²) in [6.07, 6.45) is 1.71. The number of unbranched alkanes of at least 4 members (excludes halogenated alkanes) is 1. The van der Waals surface area contributed by atoms with Gasteiger partial charge < -0.3 is 19.7 Å². The van der Waals surface area contributed by atoms with E-state index in [9.17, 15) is 18.0 Å². The highest BCUT2D eigenvalue weighted by Gasteiger charge is 2.33. The molecule has 42 heavy (non-hydrogen) atoms. The Kier molecular flexibility index (Phi) is 11.6. The smallest absolute Gasteiger partial charge is 0.264 e. The number of benzene rings is 3. The molecule has 3 aromatic rings. The fourth-order valence-electron chi connectivity index (χ4n) is 4.25. The monoisotopic (exact) mass is 615 g/mol. The quantitative estimate of drug-likeness (QED) is 0.250. The molecule has 1 atom stereocenters. The van der Waals surface area contributed by atoms with Crippen LogP contribution < -0.4 is 19.1 Å². The molecule has 0 aliphatic rings. The van der Waals surface area contributed by atoms with Crippen molar-refractivity contribution in [1.82, 2.24) is 10.2 Å². The zero-order valence-corrected chi connectivity index (χ0v) is 26.2. The average molecular weight is 616 g/mol. The van der Waals surface area contributed by atoms with Crippen molar-refractivity contribution < 1.29 is 27.5 Å². The second kappa shape index (κ2) is 14.9. The third-order valence-electron chi connectivity index (χ3n) is 6.81. The topological polar surface area (TPSA) is 105 Å². The minimum atomic E-state index is -4.29. The van der Waals surface area contributed by atoms with Gasteiger partial charge in [0.05, 0.1) is 24.8 Å². The molecular formula is C31H38ClN3O6S. The number of rotatable bonds is 14. The maximum absolute atomic E-state index is 14.1. The summed E-state index contributed by atoms with van der Waals surface area (Å²) in [6.45, 7) is 5.66. The van der Waals surface area contributed by atoms with Gasteiger partial charge in [0.2, 0.25) is 11.8 Å². The molecule has 0 aliphatic carbocycles. The van der Waals surface area contributed by atoms with Crippen molar-refractivity contribution >= 4 is 39.1 Å². The van der Waals surface area contributed by atoms with Crippen LogP contribution in [0.25, 0.3) is 0 Å². The number of nitrogens with zero attached hydrogens (tertiary/aromatic N) is 2.